The minimum Gasteiger partial charge on any atom is -0.868 e. The lowest BCUT2D eigenvalue weighted by atomic mass is 10.2. The third-order valence-corrected chi connectivity index (χ3v) is 7.68. The smallest absolute Gasteiger partial charge is 0.304 e. The number of benzene rings is 2. The van der Waals surface area contributed by atoms with Gasteiger partial charge in [-0.25, -0.2) is 4.98 Å². The molecular weight excluding hydrogens is 468 g/mol. The van der Waals surface area contributed by atoms with Crippen LogP contribution >= 0.6 is 0 Å². The molecule has 1 atom stereocenters. The SMILES string of the molecule is COc1cc(COCC[S+](c2ccccc2)c2c([O-])c3cccnc3[nH]c2=O)cc(OC)c1OC. The molecule has 2 aromatic carbocycles. The van der Waals surface area contributed by atoms with Gasteiger partial charge in [-0.05, 0) is 41.6 Å². The second-order valence-electron chi connectivity index (χ2n) is 7.51. The van der Waals surface area contributed by atoms with Crippen LogP contribution in [-0.4, -0.2) is 43.7 Å². The molecule has 0 saturated carbocycles. The van der Waals surface area contributed by atoms with Gasteiger partial charge in [-0.3, -0.25) is 4.79 Å². The number of methoxy groups -OCH3 is 3. The summed E-state index contributed by atoms with van der Waals surface area (Å²) >= 11 is 0. The quantitative estimate of drug-likeness (QED) is 0.266. The monoisotopic (exact) mass is 494 g/mol. The Morgan fingerprint density at radius 1 is 0.971 bits per heavy atom. The van der Waals surface area contributed by atoms with Gasteiger partial charge in [0.05, 0.1) is 45.4 Å². The van der Waals surface area contributed by atoms with Gasteiger partial charge in [0.15, 0.2) is 16.4 Å². The first-order valence-electron chi connectivity index (χ1n) is 10.9. The van der Waals surface area contributed by atoms with Gasteiger partial charge in [0.2, 0.25) is 10.6 Å². The molecule has 0 aliphatic rings. The van der Waals surface area contributed by atoms with Crippen molar-refractivity contribution in [2.24, 2.45) is 0 Å². The molecule has 0 radical (unpaired) electrons. The normalized spacial score (nSPS) is 11.9. The molecule has 0 spiro atoms. The van der Waals surface area contributed by atoms with Gasteiger partial charge in [0.1, 0.15) is 11.4 Å². The van der Waals surface area contributed by atoms with Crippen molar-refractivity contribution < 1.29 is 24.1 Å². The Hall–Kier alpha value is -3.69. The lowest BCUT2D eigenvalue weighted by Gasteiger charge is -2.16. The maximum atomic E-state index is 13.3. The largest absolute Gasteiger partial charge is 0.868 e. The molecule has 0 amide bonds. The summed E-state index contributed by atoms with van der Waals surface area (Å²) in [4.78, 5) is 20.9. The zero-order valence-corrected chi connectivity index (χ0v) is 20.5. The van der Waals surface area contributed by atoms with Crippen LogP contribution < -0.4 is 24.9 Å². The van der Waals surface area contributed by atoms with E-state index in [9.17, 15) is 9.90 Å². The molecule has 8 nitrogen and oxygen atoms in total. The molecule has 2 heterocycles. The minimum absolute atomic E-state index is 0.216. The second kappa shape index (κ2) is 11.2. The molecule has 0 saturated heterocycles. The number of aromatic nitrogens is 2. The molecule has 2 aromatic heterocycles. The van der Waals surface area contributed by atoms with Crippen molar-refractivity contribution in [2.45, 2.75) is 16.4 Å². The summed E-state index contributed by atoms with van der Waals surface area (Å²) in [6.07, 6.45) is 1.55. The lowest BCUT2D eigenvalue weighted by Crippen LogP contribution is -2.25. The summed E-state index contributed by atoms with van der Waals surface area (Å²) in [6, 6.07) is 16.6. The number of hydrogen-bond acceptors (Lipinski definition) is 7. The highest BCUT2D eigenvalue weighted by Crippen LogP contribution is 2.38. The third kappa shape index (κ3) is 5.21. The number of fused-ring (bicyclic) bond motifs is 1. The molecule has 182 valence electrons. The van der Waals surface area contributed by atoms with Crippen LogP contribution in [0.15, 0.2) is 75.4 Å². The lowest BCUT2D eigenvalue weighted by molar-refractivity contribution is -0.270. The van der Waals surface area contributed by atoms with Crippen LogP contribution in [0.4, 0.5) is 0 Å². The number of pyridine rings is 2. The van der Waals surface area contributed by atoms with Crippen molar-refractivity contribution in [3.05, 3.63) is 76.7 Å². The molecule has 0 fully saturated rings. The van der Waals surface area contributed by atoms with Gasteiger partial charge >= 0.3 is 5.56 Å². The van der Waals surface area contributed by atoms with Crippen molar-refractivity contribution in [1.82, 2.24) is 9.97 Å². The summed E-state index contributed by atoms with van der Waals surface area (Å²) in [7, 11) is 3.89. The van der Waals surface area contributed by atoms with Crippen molar-refractivity contribution in [3.63, 3.8) is 0 Å². The highest BCUT2D eigenvalue weighted by molar-refractivity contribution is 7.97. The van der Waals surface area contributed by atoms with Crippen LogP contribution in [0.25, 0.3) is 11.0 Å². The summed E-state index contributed by atoms with van der Waals surface area (Å²) in [5, 5.41) is 13.7. The second-order valence-corrected chi connectivity index (χ2v) is 9.58. The van der Waals surface area contributed by atoms with E-state index in [1.807, 2.05) is 42.5 Å². The van der Waals surface area contributed by atoms with Crippen molar-refractivity contribution in [3.8, 4) is 23.0 Å². The van der Waals surface area contributed by atoms with E-state index in [1.54, 1.807) is 39.7 Å². The first kappa shape index (κ1) is 24.4. The van der Waals surface area contributed by atoms with E-state index in [-0.39, 0.29) is 10.6 Å². The van der Waals surface area contributed by atoms with Gasteiger partial charge in [-0.1, -0.05) is 24.3 Å². The fourth-order valence-corrected chi connectivity index (χ4v) is 5.83. The van der Waals surface area contributed by atoms with Gasteiger partial charge in [0, 0.05) is 11.6 Å². The van der Waals surface area contributed by atoms with Gasteiger partial charge in [-0.15, -0.1) is 0 Å². The fourth-order valence-electron chi connectivity index (χ4n) is 3.78. The predicted molar refractivity (Wildman–Crippen MR) is 133 cm³/mol. The number of hydrogen-bond donors (Lipinski definition) is 1. The fraction of sp³-hybridized carbons (Fsp3) is 0.231. The molecular formula is C26H26N2O6S. The maximum absolute atomic E-state index is 13.3. The average Bonchev–Trinajstić information content (AvgIpc) is 2.89. The molecule has 35 heavy (non-hydrogen) atoms. The highest BCUT2D eigenvalue weighted by Gasteiger charge is 2.30. The summed E-state index contributed by atoms with van der Waals surface area (Å²) in [6.45, 7) is 0.629. The maximum Gasteiger partial charge on any atom is 0.304 e. The minimum atomic E-state index is -0.784. The first-order valence-corrected chi connectivity index (χ1v) is 12.3. The van der Waals surface area contributed by atoms with Crippen LogP contribution in [0, 0.1) is 0 Å². The molecule has 0 bridgehead atoms. The molecule has 0 aliphatic heterocycles. The molecule has 0 aliphatic carbocycles. The number of rotatable bonds is 10. The van der Waals surface area contributed by atoms with Crippen molar-refractivity contribution in [1.29, 1.82) is 0 Å². The van der Waals surface area contributed by atoms with E-state index in [4.69, 9.17) is 18.9 Å². The van der Waals surface area contributed by atoms with E-state index in [2.05, 4.69) is 9.97 Å². The number of ether oxygens (including phenoxy) is 4. The third-order valence-electron chi connectivity index (χ3n) is 5.40. The van der Waals surface area contributed by atoms with Crippen LogP contribution in [0.3, 0.4) is 0 Å². The molecule has 1 unspecified atom stereocenters. The van der Waals surface area contributed by atoms with Crippen LogP contribution in [0.1, 0.15) is 5.56 Å². The summed E-state index contributed by atoms with van der Waals surface area (Å²) < 4.78 is 22.1. The Labute approximate surface area is 205 Å². The average molecular weight is 495 g/mol. The van der Waals surface area contributed by atoms with E-state index in [0.717, 1.165) is 10.5 Å². The van der Waals surface area contributed by atoms with Crippen LogP contribution in [-0.2, 0) is 22.2 Å². The first-order chi connectivity index (χ1) is 17.1. The Kier molecular flexibility index (Phi) is 7.79. The Balaban J connectivity index is 1.57. The van der Waals surface area contributed by atoms with E-state index in [0.29, 0.717) is 47.2 Å². The zero-order valence-electron chi connectivity index (χ0n) is 19.7. The van der Waals surface area contributed by atoms with Gasteiger partial charge in [0.25, 0.3) is 0 Å². The number of H-pyrrole nitrogens is 1. The summed E-state index contributed by atoms with van der Waals surface area (Å²) in [5.74, 6) is 1.77. The van der Waals surface area contributed by atoms with E-state index < -0.39 is 16.5 Å². The standard InChI is InChI=1S/C26H26N2O6S/c1-31-20-14-17(15-21(32-2)23(20)33-3)16-34-12-13-35(18-8-5-4-6-9-18)24-22(29)19-10-7-11-27-25(19)28-26(24)30/h4-11,14-15H,12-13,16H2,1-3H3,(H-,27,28,29,30). The summed E-state index contributed by atoms with van der Waals surface area (Å²) in [5.41, 5.74) is 0.720. The molecule has 9 heteroatoms. The predicted octanol–water partition coefficient (Wildman–Crippen LogP) is 3.28. The van der Waals surface area contributed by atoms with Crippen LogP contribution in [0.5, 0.6) is 23.0 Å². The molecule has 4 aromatic rings. The Morgan fingerprint density at radius 3 is 2.34 bits per heavy atom. The van der Waals surface area contributed by atoms with Gasteiger partial charge in [-0.2, -0.15) is 0 Å². The van der Waals surface area contributed by atoms with Crippen molar-refractivity contribution in [2.75, 3.05) is 33.7 Å². The zero-order chi connectivity index (χ0) is 24.8. The Bertz CT molecular complexity index is 1330. The van der Waals surface area contributed by atoms with E-state index >= 15 is 0 Å². The molecule has 4 rings (SSSR count). The number of nitrogens with one attached hydrogen (secondary N) is 1. The highest BCUT2D eigenvalue weighted by atomic mass is 32.2. The van der Waals surface area contributed by atoms with E-state index in [1.165, 1.54) is 0 Å². The van der Waals surface area contributed by atoms with Crippen molar-refractivity contribution >= 4 is 21.9 Å². The van der Waals surface area contributed by atoms with Crippen LogP contribution in [0.2, 0.25) is 0 Å². The van der Waals surface area contributed by atoms with Gasteiger partial charge < -0.3 is 29.0 Å². The molecule has 1 N–H and O–H groups in total. The Morgan fingerprint density at radius 2 is 1.69 bits per heavy atom. The number of nitrogens with zero attached hydrogens (tertiary/aromatic N) is 1. The number of aromatic amines is 1. The topological polar surface area (TPSA) is 106 Å².